The van der Waals surface area contributed by atoms with Crippen LogP contribution in [0, 0.1) is 0 Å². The second-order valence-electron chi connectivity index (χ2n) is 4.78. The maximum atomic E-state index is 12.0. The summed E-state index contributed by atoms with van der Waals surface area (Å²) < 4.78 is 5.36. The number of benzene rings is 1. The molecule has 21 heavy (non-hydrogen) atoms. The minimum Gasteiger partial charge on any atom is -0.483 e. The van der Waals surface area contributed by atoms with Crippen LogP contribution >= 0.6 is 11.6 Å². The number of Topliss-reactive ketones (excluding diaryl/α,β-unsaturated/α-hetero) is 1. The number of rotatable bonds is 3. The fraction of sp³-hybridized carbons (Fsp3) is 0.357. The molecule has 0 aliphatic heterocycles. The molecule has 2 N–H and O–H groups in total. The highest BCUT2D eigenvalue weighted by Gasteiger charge is 2.31. The average molecular weight is 311 g/mol. The molecule has 0 heterocycles. The first-order chi connectivity index (χ1) is 9.93. The maximum Gasteiger partial charge on any atom is 0.321 e. The Morgan fingerprint density at radius 2 is 2.14 bits per heavy atom. The predicted octanol–water partition coefficient (Wildman–Crippen LogP) is 1.86. The number of hydrogen-bond donors (Lipinski definition) is 2. The summed E-state index contributed by atoms with van der Waals surface area (Å²) >= 11 is 6.11. The van der Waals surface area contributed by atoms with Gasteiger partial charge < -0.3 is 10.1 Å². The van der Waals surface area contributed by atoms with Crippen molar-refractivity contribution < 1.29 is 19.1 Å². The van der Waals surface area contributed by atoms with Gasteiger partial charge in [-0.15, -0.1) is 0 Å². The number of amides is 3. The molecule has 1 atom stereocenters. The van der Waals surface area contributed by atoms with Gasteiger partial charge in [-0.2, -0.15) is 0 Å². The van der Waals surface area contributed by atoms with Gasteiger partial charge >= 0.3 is 6.03 Å². The molecular weight excluding hydrogens is 296 g/mol. The lowest BCUT2D eigenvalue weighted by molar-refractivity contribution is -0.122. The lowest BCUT2D eigenvalue weighted by Gasteiger charge is -2.12. The number of carbonyl (C=O) groups excluding carboxylic acids is 3. The molecule has 0 spiro atoms. The summed E-state index contributed by atoms with van der Waals surface area (Å²) in [4.78, 5) is 34.5. The third kappa shape index (κ3) is 3.16. The van der Waals surface area contributed by atoms with Crippen molar-refractivity contribution in [2.45, 2.75) is 19.3 Å². The molecule has 0 radical (unpaired) electrons. The Labute approximate surface area is 126 Å². The largest absolute Gasteiger partial charge is 0.483 e. The highest BCUT2D eigenvalue weighted by atomic mass is 35.5. The number of ketones is 1. The van der Waals surface area contributed by atoms with E-state index < -0.39 is 11.9 Å². The van der Waals surface area contributed by atoms with E-state index >= 15 is 0 Å². The first-order valence-electron chi connectivity index (χ1n) is 6.44. The topological polar surface area (TPSA) is 84.5 Å². The van der Waals surface area contributed by atoms with E-state index in [1.165, 1.54) is 7.05 Å². The average Bonchev–Trinajstić information content (AvgIpc) is 2.74. The SMILES string of the molecule is CNC(=O)NC(=O)COc1ccc(Cl)c2c1C(=O)C[C@H]2C. The smallest absolute Gasteiger partial charge is 0.321 e. The minimum atomic E-state index is -0.616. The quantitative estimate of drug-likeness (QED) is 0.892. The second-order valence-corrected chi connectivity index (χ2v) is 5.19. The Bertz CT molecular complexity index is 615. The summed E-state index contributed by atoms with van der Waals surface area (Å²) in [7, 11) is 1.40. The van der Waals surface area contributed by atoms with Crippen LogP contribution in [0.15, 0.2) is 12.1 Å². The second kappa shape index (κ2) is 6.13. The number of nitrogens with one attached hydrogen (secondary N) is 2. The number of fused-ring (bicyclic) bond motifs is 1. The fourth-order valence-electron chi connectivity index (χ4n) is 2.31. The molecule has 0 saturated heterocycles. The summed E-state index contributed by atoms with van der Waals surface area (Å²) in [5.74, 6) is -0.308. The van der Waals surface area contributed by atoms with Crippen molar-refractivity contribution in [1.82, 2.24) is 10.6 Å². The first kappa shape index (κ1) is 15.3. The molecule has 7 heteroatoms. The van der Waals surface area contributed by atoms with E-state index in [0.717, 1.165) is 5.56 Å². The number of urea groups is 1. The Kier molecular flexibility index (Phi) is 4.47. The molecular formula is C14H15ClN2O4. The normalized spacial score (nSPS) is 16.3. The highest BCUT2D eigenvalue weighted by Crippen LogP contribution is 2.42. The lowest BCUT2D eigenvalue weighted by atomic mass is 10.0. The van der Waals surface area contributed by atoms with Crippen molar-refractivity contribution >= 4 is 29.3 Å². The van der Waals surface area contributed by atoms with Gasteiger partial charge in [-0.3, -0.25) is 14.9 Å². The summed E-state index contributed by atoms with van der Waals surface area (Å²) in [6.45, 7) is 1.56. The van der Waals surface area contributed by atoms with E-state index in [4.69, 9.17) is 16.3 Å². The number of halogens is 1. The molecule has 3 amide bonds. The molecule has 0 bridgehead atoms. The Hall–Kier alpha value is -2.08. The van der Waals surface area contributed by atoms with Crippen LogP contribution in [0.1, 0.15) is 35.2 Å². The standard InChI is InChI=1S/C14H15ClN2O4/c1-7-5-9(18)13-10(4-3-8(15)12(7)13)21-6-11(19)17-14(20)16-2/h3-4,7H,5-6H2,1-2H3,(H2,16,17,19,20)/t7-/m1/s1. The van der Waals surface area contributed by atoms with Crippen LogP contribution in [0.25, 0.3) is 0 Å². The van der Waals surface area contributed by atoms with Gasteiger partial charge in [-0.25, -0.2) is 4.79 Å². The third-order valence-corrected chi connectivity index (χ3v) is 3.59. The first-order valence-corrected chi connectivity index (χ1v) is 6.81. The zero-order chi connectivity index (χ0) is 15.6. The molecule has 6 nitrogen and oxygen atoms in total. The van der Waals surface area contributed by atoms with Crippen LogP contribution in [0.5, 0.6) is 5.75 Å². The van der Waals surface area contributed by atoms with E-state index in [-0.39, 0.29) is 18.3 Å². The van der Waals surface area contributed by atoms with Crippen molar-refractivity contribution in [3.8, 4) is 5.75 Å². The van der Waals surface area contributed by atoms with Crippen LogP contribution in [0.2, 0.25) is 5.02 Å². The third-order valence-electron chi connectivity index (χ3n) is 3.26. The monoisotopic (exact) mass is 310 g/mol. The van der Waals surface area contributed by atoms with Gasteiger partial charge in [0.2, 0.25) is 0 Å². The van der Waals surface area contributed by atoms with Crippen LogP contribution in [0.4, 0.5) is 4.79 Å². The van der Waals surface area contributed by atoms with E-state index in [9.17, 15) is 14.4 Å². The van der Waals surface area contributed by atoms with Crippen molar-refractivity contribution in [1.29, 1.82) is 0 Å². The van der Waals surface area contributed by atoms with Crippen LogP contribution < -0.4 is 15.4 Å². The van der Waals surface area contributed by atoms with E-state index in [1.807, 2.05) is 6.92 Å². The summed E-state index contributed by atoms with van der Waals surface area (Å²) in [6, 6.07) is 2.58. The van der Waals surface area contributed by atoms with E-state index in [1.54, 1.807) is 12.1 Å². The molecule has 1 aromatic rings. The predicted molar refractivity (Wildman–Crippen MR) is 76.9 cm³/mol. The van der Waals surface area contributed by atoms with Gasteiger partial charge in [0.15, 0.2) is 12.4 Å². The number of hydrogen-bond acceptors (Lipinski definition) is 4. The van der Waals surface area contributed by atoms with Gasteiger partial charge in [-0.1, -0.05) is 18.5 Å². The molecule has 2 rings (SSSR count). The molecule has 0 aromatic heterocycles. The summed E-state index contributed by atoms with van der Waals surface area (Å²) in [5.41, 5.74) is 1.19. The Balaban J connectivity index is 2.14. The van der Waals surface area contributed by atoms with Gasteiger partial charge in [-0.05, 0) is 23.6 Å². The summed E-state index contributed by atoms with van der Waals surface area (Å²) in [5, 5.41) is 4.85. The van der Waals surface area contributed by atoms with E-state index in [2.05, 4.69) is 10.6 Å². The van der Waals surface area contributed by atoms with Gasteiger partial charge in [0.25, 0.3) is 5.91 Å². The van der Waals surface area contributed by atoms with Crippen molar-refractivity contribution in [3.63, 3.8) is 0 Å². The molecule has 1 aliphatic carbocycles. The molecule has 1 aliphatic rings. The van der Waals surface area contributed by atoms with Gasteiger partial charge in [0, 0.05) is 18.5 Å². The van der Waals surface area contributed by atoms with Crippen LogP contribution in [-0.2, 0) is 4.79 Å². The highest BCUT2D eigenvalue weighted by molar-refractivity contribution is 6.32. The zero-order valence-corrected chi connectivity index (χ0v) is 12.4. The van der Waals surface area contributed by atoms with Crippen molar-refractivity contribution in [2.75, 3.05) is 13.7 Å². The van der Waals surface area contributed by atoms with Crippen molar-refractivity contribution in [2.24, 2.45) is 0 Å². The van der Waals surface area contributed by atoms with Crippen molar-refractivity contribution in [3.05, 3.63) is 28.3 Å². The molecule has 0 fully saturated rings. The van der Waals surface area contributed by atoms with Crippen LogP contribution in [0.3, 0.4) is 0 Å². The van der Waals surface area contributed by atoms with E-state index in [0.29, 0.717) is 22.8 Å². The zero-order valence-electron chi connectivity index (χ0n) is 11.7. The van der Waals surface area contributed by atoms with Gasteiger partial charge in [0.1, 0.15) is 5.75 Å². The van der Waals surface area contributed by atoms with Crippen LogP contribution in [-0.4, -0.2) is 31.4 Å². The molecule has 0 unspecified atom stereocenters. The number of ether oxygens (including phenoxy) is 1. The summed E-state index contributed by atoms with van der Waals surface area (Å²) in [6.07, 6.45) is 0.375. The number of imide groups is 1. The molecule has 1 aromatic carbocycles. The molecule has 0 saturated carbocycles. The Morgan fingerprint density at radius 1 is 1.43 bits per heavy atom. The fourth-order valence-corrected chi connectivity index (χ4v) is 2.66. The molecule has 112 valence electrons. The Morgan fingerprint density at radius 3 is 2.81 bits per heavy atom. The minimum absolute atomic E-state index is 0.0308. The lowest BCUT2D eigenvalue weighted by Crippen LogP contribution is -2.40. The number of carbonyl (C=O) groups is 3. The van der Waals surface area contributed by atoms with Gasteiger partial charge in [0.05, 0.1) is 5.56 Å². The maximum absolute atomic E-state index is 12.0.